The largest absolute Gasteiger partial charge is 0.456 e. The van der Waals surface area contributed by atoms with Crippen LogP contribution in [0.1, 0.15) is 61.0 Å². The van der Waals surface area contributed by atoms with Crippen LogP contribution in [0.5, 0.6) is 0 Å². The molecular weight excluding hydrogens is 502 g/mol. The van der Waals surface area contributed by atoms with Gasteiger partial charge >= 0.3 is 11.7 Å². The highest BCUT2D eigenvalue weighted by Crippen LogP contribution is 2.25. The van der Waals surface area contributed by atoms with Crippen molar-refractivity contribution in [3.05, 3.63) is 117 Å². The fraction of sp³-hybridized carbons (Fsp3) is 0.300. The summed E-state index contributed by atoms with van der Waals surface area (Å²) in [5.74, 6) is -2.60. The van der Waals surface area contributed by atoms with E-state index in [1.54, 1.807) is 27.8 Å². The number of hydrogen-bond acceptors (Lipinski definition) is 5. The molecule has 3 aromatic carbocycles. The highest BCUT2D eigenvalue weighted by atomic mass is 19.1. The summed E-state index contributed by atoms with van der Waals surface area (Å²) in [6, 6.07) is 21.0. The van der Waals surface area contributed by atoms with Gasteiger partial charge in [-0.15, -0.1) is 5.10 Å². The normalized spacial score (nSPS) is 12.5. The predicted molar refractivity (Wildman–Crippen MR) is 144 cm³/mol. The number of rotatable bonds is 8. The lowest BCUT2D eigenvalue weighted by Gasteiger charge is -2.28. The van der Waals surface area contributed by atoms with E-state index in [9.17, 15) is 14.0 Å². The van der Waals surface area contributed by atoms with Gasteiger partial charge in [-0.3, -0.25) is 9.47 Å². The Bertz CT molecular complexity index is 1470. The summed E-state index contributed by atoms with van der Waals surface area (Å²) in [4.78, 5) is 27.7. The number of carbonyl (C=O) groups is 1. The van der Waals surface area contributed by atoms with E-state index >= 15 is 4.39 Å². The zero-order chi connectivity index (χ0) is 28.3. The molecule has 0 aliphatic carbocycles. The Labute approximate surface area is 226 Å². The average molecular weight is 535 g/mol. The molecule has 0 unspecified atom stereocenters. The van der Waals surface area contributed by atoms with Gasteiger partial charge in [0.25, 0.3) is 0 Å². The molecule has 9 heteroatoms. The molecule has 1 aromatic heterocycles. The van der Waals surface area contributed by atoms with Crippen LogP contribution in [0.4, 0.5) is 8.78 Å². The molecule has 0 fully saturated rings. The lowest BCUT2D eigenvalue weighted by Crippen LogP contribution is -2.29. The molecule has 0 saturated heterocycles. The zero-order valence-electron chi connectivity index (χ0n) is 22.7. The summed E-state index contributed by atoms with van der Waals surface area (Å²) < 4.78 is 37.4. The van der Waals surface area contributed by atoms with Crippen molar-refractivity contribution in [3.8, 4) is 5.69 Å². The molecule has 0 amide bonds. The SMILES string of the molecule is C[C@H](c1nn(-c2cc(F)c(C(=O)OC(C)(C)C)cc2F)c(=O)n1C)N(Cc1ccccc1)Cc1ccccc1. The summed E-state index contributed by atoms with van der Waals surface area (Å²) in [5, 5.41) is 4.42. The van der Waals surface area contributed by atoms with Gasteiger partial charge in [-0.05, 0) is 44.9 Å². The van der Waals surface area contributed by atoms with Crippen molar-refractivity contribution in [1.29, 1.82) is 0 Å². The van der Waals surface area contributed by atoms with Gasteiger partial charge in [-0.1, -0.05) is 60.7 Å². The van der Waals surface area contributed by atoms with E-state index < -0.39 is 40.1 Å². The molecule has 1 heterocycles. The van der Waals surface area contributed by atoms with Crippen LogP contribution in [-0.4, -0.2) is 30.8 Å². The van der Waals surface area contributed by atoms with Crippen LogP contribution >= 0.6 is 0 Å². The second-order valence-electron chi connectivity index (χ2n) is 10.4. The van der Waals surface area contributed by atoms with E-state index in [1.807, 2.05) is 67.6 Å². The fourth-order valence-corrected chi connectivity index (χ4v) is 4.29. The number of benzene rings is 3. The molecule has 39 heavy (non-hydrogen) atoms. The quantitative estimate of drug-likeness (QED) is 0.277. The number of ether oxygens (including phenoxy) is 1. The van der Waals surface area contributed by atoms with Crippen LogP contribution in [0.25, 0.3) is 5.69 Å². The molecule has 4 rings (SSSR count). The Kier molecular flexibility index (Phi) is 8.11. The molecule has 0 aliphatic heterocycles. The molecule has 1 atom stereocenters. The van der Waals surface area contributed by atoms with E-state index in [1.165, 1.54) is 4.57 Å². The van der Waals surface area contributed by atoms with Gasteiger partial charge in [0.15, 0.2) is 5.82 Å². The molecule has 204 valence electrons. The zero-order valence-corrected chi connectivity index (χ0v) is 22.7. The monoisotopic (exact) mass is 534 g/mol. The van der Waals surface area contributed by atoms with Gasteiger partial charge in [0.05, 0.1) is 11.6 Å². The molecule has 0 radical (unpaired) electrons. The predicted octanol–water partition coefficient (Wildman–Crippen LogP) is 5.57. The lowest BCUT2D eigenvalue weighted by atomic mass is 10.1. The second kappa shape index (κ2) is 11.3. The molecule has 0 aliphatic rings. The van der Waals surface area contributed by atoms with Crippen molar-refractivity contribution in [2.45, 2.75) is 52.4 Å². The molecular formula is C30H32F2N4O3. The Balaban J connectivity index is 1.70. The molecule has 7 nitrogen and oxygen atoms in total. The molecule has 4 aromatic rings. The second-order valence-corrected chi connectivity index (χ2v) is 10.4. The Morgan fingerprint density at radius 2 is 1.49 bits per heavy atom. The standard InChI is InChI=1S/C30H32F2N4O3/c1-20(35(18-21-12-8-6-9-13-21)19-22-14-10-7-11-15-22)27-33-36(29(38)34(27)5)26-17-24(31)23(16-25(26)32)28(37)39-30(2,3)4/h6-17,20H,18-19H2,1-5H3/t20-/m1/s1. The number of aromatic nitrogens is 3. The number of halogens is 2. The first-order chi connectivity index (χ1) is 18.4. The van der Waals surface area contributed by atoms with Gasteiger partial charge in [0.2, 0.25) is 0 Å². The van der Waals surface area contributed by atoms with E-state index in [2.05, 4.69) is 10.00 Å². The Morgan fingerprint density at radius 1 is 0.949 bits per heavy atom. The summed E-state index contributed by atoms with van der Waals surface area (Å²) in [7, 11) is 1.55. The van der Waals surface area contributed by atoms with Crippen LogP contribution in [0.2, 0.25) is 0 Å². The minimum atomic E-state index is -1.01. The summed E-state index contributed by atoms with van der Waals surface area (Å²) in [6.45, 7) is 7.95. The number of nitrogens with zero attached hydrogens (tertiary/aromatic N) is 4. The fourth-order valence-electron chi connectivity index (χ4n) is 4.29. The van der Waals surface area contributed by atoms with Crippen LogP contribution < -0.4 is 5.69 Å². The third-order valence-corrected chi connectivity index (χ3v) is 6.28. The van der Waals surface area contributed by atoms with Crippen LogP contribution in [0.15, 0.2) is 77.6 Å². The Hall–Kier alpha value is -4.11. The summed E-state index contributed by atoms with van der Waals surface area (Å²) >= 11 is 0. The highest BCUT2D eigenvalue weighted by molar-refractivity contribution is 5.90. The third-order valence-electron chi connectivity index (χ3n) is 6.28. The van der Waals surface area contributed by atoms with Crippen molar-refractivity contribution in [2.24, 2.45) is 7.05 Å². The number of carbonyl (C=O) groups excluding carboxylic acids is 1. The number of hydrogen-bond donors (Lipinski definition) is 0. The smallest absolute Gasteiger partial charge is 0.350 e. The van der Waals surface area contributed by atoms with Gasteiger partial charge < -0.3 is 4.74 Å². The Morgan fingerprint density at radius 3 is 2.00 bits per heavy atom. The molecule has 0 saturated carbocycles. The third kappa shape index (κ3) is 6.49. The average Bonchev–Trinajstić information content (AvgIpc) is 3.18. The van der Waals surface area contributed by atoms with E-state index in [-0.39, 0.29) is 6.04 Å². The highest BCUT2D eigenvalue weighted by Gasteiger charge is 2.27. The number of esters is 1. The maximum Gasteiger partial charge on any atom is 0.350 e. The maximum absolute atomic E-state index is 15.2. The van der Waals surface area contributed by atoms with Gasteiger partial charge in [0, 0.05) is 26.2 Å². The van der Waals surface area contributed by atoms with Gasteiger partial charge in [-0.2, -0.15) is 4.68 Å². The van der Waals surface area contributed by atoms with Crippen LogP contribution in [-0.2, 0) is 24.9 Å². The van der Waals surface area contributed by atoms with E-state index in [4.69, 9.17) is 4.74 Å². The van der Waals surface area contributed by atoms with Gasteiger partial charge in [-0.25, -0.2) is 18.4 Å². The van der Waals surface area contributed by atoms with Crippen molar-refractivity contribution >= 4 is 5.97 Å². The minimum absolute atomic E-state index is 0.363. The molecule has 0 N–H and O–H groups in total. The topological polar surface area (TPSA) is 69.4 Å². The first-order valence-electron chi connectivity index (χ1n) is 12.6. The van der Waals surface area contributed by atoms with Crippen molar-refractivity contribution in [2.75, 3.05) is 0 Å². The van der Waals surface area contributed by atoms with Crippen LogP contribution in [0.3, 0.4) is 0 Å². The molecule has 0 spiro atoms. The lowest BCUT2D eigenvalue weighted by molar-refractivity contribution is 0.00641. The van der Waals surface area contributed by atoms with Crippen molar-refractivity contribution in [3.63, 3.8) is 0 Å². The summed E-state index contributed by atoms with van der Waals surface area (Å²) in [5.41, 5.74) is -0.310. The van der Waals surface area contributed by atoms with Crippen molar-refractivity contribution in [1.82, 2.24) is 19.2 Å². The van der Waals surface area contributed by atoms with Crippen molar-refractivity contribution < 1.29 is 18.3 Å². The van der Waals surface area contributed by atoms with Crippen LogP contribution in [0, 0.1) is 11.6 Å². The minimum Gasteiger partial charge on any atom is -0.456 e. The summed E-state index contributed by atoms with van der Waals surface area (Å²) in [6.07, 6.45) is 0. The van der Waals surface area contributed by atoms with E-state index in [0.717, 1.165) is 27.9 Å². The first-order valence-corrected chi connectivity index (χ1v) is 12.6. The van der Waals surface area contributed by atoms with E-state index in [0.29, 0.717) is 18.9 Å². The maximum atomic E-state index is 15.2. The first kappa shape index (κ1) is 27.9. The van der Waals surface area contributed by atoms with Gasteiger partial charge in [0.1, 0.15) is 22.9 Å². The molecule has 0 bridgehead atoms.